The van der Waals surface area contributed by atoms with E-state index in [0.717, 1.165) is 0 Å². The van der Waals surface area contributed by atoms with E-state index in [1.54, 1.807) is 19.1 Å². The van der Waals surface area contributed by atoms with Crippen molar-refractivity contribution in [3.05, 3.63) is 40.0 Å². The highest BCUT2D eigenvalue weighted by molar-refractivity contribution is 6.33. The third-order valence-corrected chi connectivity index (χ3v) is 3.82. The molecule has 0 radical (unpaired) electrons. The Kier molecular flexibility index (Phi) is 5.51. The van der Waals surface area contributed by atoms with Crippen LogP contribution in [0.2, 0.25) is 5.02 Å². The van der Waals surface area contributed by atoms with E-state index in [1.807, 2.05) is 0 Å². The lowest BCUT2D eigenvalue weighted by molar-refractivity contribution is 0.103. The van der Waals surface area contributed by atoms with Crippen molar-refractivity contribution in [2.24, 2.45) is 0 Å². The first kappa shape index (κ1) is 17.9. The van der Waals surface area contributed by atoms with Crippen LogP contribution in [0, 0.1) is 6.92 Å². The second-order valence-electron chi connectivity index (χ2n) is 4.87. The third kappa shape index (κ3) is 3.10. The summed E-state index contributed by atoms with van der Waals surface area (Å²) in [7, 11) is 5.89. The minimum Gasteiger partial charge on any atom is -0.494 e. The largest absolute Gasteiger partial charge is 0.494 e. The van der Waals surface area contributed by atoms with Gasteiger partial charge in [0, 0.05) is 5.56 Å². The smallest absolute Gasteiger partial charge is 0.228 e. The van der Waals surface area contributed by atoms with Gasteiger partial charge in [0.15, 0.2) is 17.2 Å². The van der Waals surface area contributed by atoms with Gasteiger partial charge in [0.2, 0.25) is 11.7 Å². The summed E-state index contributed by atoms with van der Waals surface area (Å²) in [5, 5.41) is 0.222. The van der Waals surface area contributed by atoms with Gasteiger partial charge in [-0.25, -0.2) is 4.98 Å². The fourth-order valence-electron chi connectivity index (χ4n) is 2.37. The molecule has 0 saturated heterocycles. The summed E-state index contributed by atoms with van der Waals surface area (Å²) >= 11 is 6.10. The molecule has 0 atom stereocenters. The minimum absolute atomic E-state index is 0.135. The Morgan fingerprint density at radius 2 is 1.62 bits per heavy atom. The molecule has 0 amide bonds. The highest BCUT2D eigenvalue weighted by Gasteiger charge is 2.26. The number of nitrogens with zero attached hydrogens (tertiary/aromatic N) is 1. The van der Waals surface area contributed by atoms with E-state index in [-0.39, 0.29) is 28.0 Å². The van der Waals surface area contributed by atoms with Gasteiger partial charge in [-0.1, -0.05) is 11.6 Å². The molecule has 2 rings (SSSR count). The van der Waals surface area contributed by atoms with Crippen LogP contribution in [-0.2, 0) is 0 Å². The summed E-state index contributed by atoms with van der Waals surface area (Å²) in [6.45, 7) is 1.80. The number of aromatic nitrogens is 1. The molecular weight excluding hydrogens is 334 g/mol. The van der Waals surface area contributed by atoms with Crippen LogP contribution in [0.25, 0.3) is 0 Å². The average molecular weight is 352 g/mol. The molecule has 0 unspecified atom stereocenters. The van der Waals surface area contributed by atoms with Gasteiger partial charge >= 0.3 is 0 Å². The average Bonchev–Trinajstić information content (AvgIpc) is 2.60. The maximum absolute atomic E-state index is 13.1. The van der Waals surface area contributed by atoms with Crippen LogP contribution in [0.15, 0.2) is 18.3 Å². The van der Waals surface area contributed by atoms with Crippen molar-refractivity contribution in [3.8, 4) is 23.1 Å². The van der Waals surface area contributed by atoms with Gasteiger partial charge in [-0.15, -0.1) is 0 Å². The number of hydrogen-bond donors (Lipinski definition) is 0. The number of hydrogen-bond acceptors (Lipinski definition) is 6. The van der Waals surface area contributed by atoms with Crippen LogP contribution in [0.5, 0.6) is 23.1 Å². The standard InChI is InChI=1S/C17H18ClNO5/c1-9-6-12(21-2)13(22-3)7-10(9)15(20)14-16(23-4)11(18)8-19-17(14)24-5/h6-8H,1-5H3. The SMILES string of the molecule is COc1cc(C)c(C(=O)c2c(OC)ncc(Cl)c2OC)cc1OC. The van der Waals surface area contributed by atoms with Gasteiger partial charge in [-0.3, -0.25) is 4.79 Å². The number of halogens is 1. The summed E-state index contributed by atoms with van der Waals surface area (Å²) < 4.78 is 21.0. The van der Waals surface area contributed by atoms with E-state index in [4.69, 9.17) is 30.5 Å². The molecule has 6 nitrogen and oxygen atoms in total. The van der Waals surface area contributed by atoms with Crippen molar-refractivity contribution in [3.63, 3.8) is 0 Å². The Labute approximate surface area is 145 Å². The molecule has 0 bridgehead atoms. The van der Waals surface area contributed by atoms with Crippen molar-refractivity contribution in [1.82, 2.24) is 4.98 Å². The zero-order valence-electron chi connectivity index (χ0n) is 14.1. The Morgan fingerprint density at radius 3 is 2.17 bits per heavy atom. The Hall–Kier alpha value is -2.47. The van der Waals surface area contributed by atoms with Crippen LogP contribution in [-0.4, -0.2) is 39.2 Å². The second-order valence-corrected chi connectivity index (χ2v) is 5.28. The summed E-state index contributed by atoms with van der Waals surface area (Å²) in [5.74, 6) is 0.990. The molecule has 2 aromatic rings. The van der Waals surface area contributed by atoms with Crippen LogP contribution in [0.4, 0.5) is 0 Å². The fourth-order valence-corrected chi connectivity index (χ4v) is 2.59. The number of aryl methyl sites for hydroxylation is 1. The van der Waals surface area contributed by atoms with E-state index in [0.29, 0.717) is 22.6 Å². The second kappa shape index (κ2) is 7.40. The quantitative estimate of drug-likeness (QED) is 0.744. The van der Waals surface area contributed by atoms with Gasteiger partial charge in [-0.05, 0) is 24.6 Å². The molecule has 128 valence electrons. The van der Waals surface area contributed by atoms with Gasteiger partial charge in [0.1, 0.15) is 10.6 Å². The monoisotopic (exact) mass is 351 g/mol. The molecule has 0 aliphatic rings. The molecule has 1 heterocycles. The first-order valence-corrected chi connectivity index (χ1v) is 7.40. The van der Waals surface area contributed by atoms with E-state index in [1.165, 1.54) is 34.6 Å². The van der Waals surface area contributed by atoms with Gasteiger partial charge < -0.3 is 18.9 Å². The molecule has 1 aromatic carbocycles. The first-order chi connectivity index (χ1) is 11.5. The number of methoxy groups -OCH3 is 4. The van der Waals surface area contributed by atoms with Crippen molar-refractivity contribution >= 4 is 17.4 Å². The Morgan fingerprint density at radius 1 is 1.00 bits per heavy atom. The zero-order chi connectivity index (χ0) is 17.9. The van der Waals surface area contributed by atoms with Crippen LogP contribution in [0.3, 0.4) is 0 Å². The van der Waals surface area contributed by atoms with E-state index in [9.17, 15) is 4.79 Å². The lowest BCUT2D eigenvalue weighted by Gasteiger charge is -2.15. The maximum Gasteiger partial charge on any atom is 0.228 e. The molecule has 0 N–H and O–H groups in total. The van der Waals surface area contributed by atoms with Crippen LogP contribution in [0.1, 0.15) is 21.5 Å². The highest BCUT2D eigenvalue weighted by Crippen LogP contribution is 2.37. The highest BCUT2D eigenvalue weighted by atomic mass is 35.5. The van der Waals surface area contributed by atoms with Crippen molar-refractivity contribution < 1.29 is 23.7 Å². The lowest BCUT2D eigenvalue weighted by atomic mass is 9.98. The Balaban J connectivity index is 2.68. The number of pyridine rings is 1. The van der Waals surface area contributed by atoms with Crippen molar-refractivity contribution in [2.45, 2.75) is 6.92 Å². The van der Waals surface area contributed by atoms with E-state index < -0.39 is 0 Å². The number of rotatable bonds is 6. The number of ether oxygens (including phenoxy) is 4. The molecule has 0 fully saturated rings. The number of ketones is 1. The summed E-state index contributed by atoms with van der Waals surface area (Å²) in [6.07, 6.45) is 1.37. The summed E-state index contributed by atoms with van der Waals surface area (Å²) in [5.41, 5.74) is 1.28. The van der Waals surface area contributed by atoms with Crippen LogP contribution >= 0.6 is 11.6 Å². The molecule has 0 saturated carbocycles. The van der Waals surface area contributed by atoms with E-state index in [2.05, 4.69) is 4.98 Å². The number of carbonyl (C=O) groups is 1. The molecule has 0 aliphatic heterocycles. The van der Waals surface area contributed by atoms with Crippen LogP contribution < -0.4 is 18.9 Å². The first-order valence-electron chi connectivity index (χ1n) is 7.02. The maximum atomic E-state index is 13.1. The number of carbonyl (C=O) groups excluding carboxylic acids is 1. The topological polar surface area (TPSA) is 66.9 Å². The normalized spacial score (nSPS) is 10.2. The van der Waals surface area contributed by atoms with Crippen molar-refractivity contribution in [2.75, 3.05) is 28.4 Å². The number of benzene rings is 1. The zero-order valence-corrected chi connectivity index (χ0v) is 14.9. The van der Waals surface area contributed by atoms with Crippen molar-refractivity contribution in [1.29, 1.82) is 0 Å². The summed E-state index contributed by atoms with van der Waals surface area (Å²) in [4.78, 5) is 17.1. The molecule has 1 aromatic heterocycles. The molecule has 7 heteroatoms. The lowest BCUT2D eigenvalue weighted by Crippen LogP contribution is -2.10. The van der Waals surface area contributed by atoms with Gasteiger partial charge in [0.05, 0.1) is 34.6 Å². The predicted molar refractivity (Wildman–Crippen MR) is 90.1 cm³/mol. The molecular formula is C17H18ClNO5. The Bertz CT molecular complexity index is 776. The summed E-state index contributed by atoms with van der Waals surface area (Å²) in [6, 6.07) is 3.33. The van der Waals surface area contributed by atoms with Gasteiger partial charge in [-0.2, -0.15) is 0 Å². The predicted octanol–water partition coefficient (Wildman–Crippen LogP) is 3.31. The third-order valence-electron chi connectivity index (χ3n) is 3.55. The minimum atomic E-state index is -0.336. The molecule has 0 spiro atoms. The molecule has 24 heavy (non-hydrogen) atoms. The molecule has 0 aliphatic carbocycles. The van der Waals surface area contributed by atoms with Gasteiger partial charge in [0.25, 0.3) is 0 Å². The van der Waals surface area contributed by atoms with E-state index >= 15 is 0 Å². The fraction of sp³-hybridized carbons (Fsp3) is 0.294.